The van der Waals surface area contributed by atoms with Gasteiger partial charge in [-0.05, 0) is 36.8 Å². The first-order valence-electron chi connectivity index (χ1n) is 6.43. The number of aryl methyl sites for hydroxylation is 1. The Kier molecular flexibility index (Phi) is 5.40. The van der Waals surface area contributed by atoms with Crippen LogP contribution in [0.15, 0.2) is 30.3 Å². The van der Waals surface area contributed by atoms with E-state index in [1.54, 1.807) is 18.2 Å². The maximum atomic E-state index is 12.2. The molecule has 0 aliphatic carbocycles. The van der Waals surface area contributed by atoms with Crippen molar-refractivity contribution in [2.24, 2.45) is 0 Å². The molecule has 0 aliphatic rings. The average molecular weight is 320 g/mol. The van der Waals surface area contributed by atoms with E-state index >= 15 is 0 Å². The minimum absolute atomic E-state index is 0.186. The number of nitrogens with one attached hydrogen (secondary N) is 1. The van der Waals surface area contributed by atoms with E-state index in [-0.39, 0.29) is 12.5 Å². The molecule has 5 heteroatoms. The first-order valence-corrected chi connectivity index (χ1v) is 7.62. The van der Waals surface area contributed by atoms with Gasteiger partial charge in [-0.15, -0.1) is 11.3 Å². The van der Waals surface area contributed by atoms with E-state index < -0.39 is 0 Å². The van der Waals surface area contributed by atoms with Gasteiger partial charge in [0.2, 0.25) is 0 Å². The van der Waals surface area contributed by atoms with Crippen LogP contribution in [0.2, 0.25) is 5.02 Å². The highest BCUT2D eigenvalue weighted by Crippen LogP contribution is 2.23. The third-order valence-electron chi connectivity index (χ3n) is 2.77. The van der Waals surface area contributed by atoms with E-state index in [1.165, 1.54) is 11.3 Å². The van der Waals surface area contributed by atoms with E-state index in [9.17, 15) is 4.79 Å². The Morgan fingerprint density at radius 3 is 2.86 bits per heavy atom. The molecule has 1 heterocycles. The molecule has 0 atom stereocenters. The van der Waals surface area contributed by atoms with Gasteiger partial charge in [-0.3, -0.25) is 4.79 Å². The van der Waals surface area contributed by atoms with Crippen LogP contribution in [0.25, 0.3) is 0 Å². The van der Waals surface area contributed by atoms with Gasteiger partial charge in [-0.1, -0.05) is 30.4 Å². The van der Waals surface area contributed by atoms with Crippen LogP contribution in [-0.2, 0) is 6.42 Å². The van der Waals surface area contributed by atoms with Gasteiger partial charge in [0.1, 0.15) is 6.61 Å². The predicted molar refractivity (Wildman–Crippen MR) is 87.1 cm³/mol. The topological polar surface area (TPSA) is 49.3 Å². The van der Waals surface area contributed by atoms with Gasteiger partial charge in [0.05, 0.1) is 10.6 Å². The third kappa shape index (κ3) is 4.08. The van der Waals surface area contributed by atoms with Crippen molar-refractivity contribution in [1.82, 2.24) is 0 Å². The lowest BCUT2D eigenvalue weighted by molar-refractivity contribution is 0.103. The summed E-state index contributed by atoms with van der Waals surface area (Å²) in [4.78, 5) is 14.0. The quantitative estimate of drug-likeness (QED) is 0.850. The van der Waals surface area contributed by atoms with Crippen LogP contribution >= 0.6 is 22.9 Å². The number of hydrogen-bond acceptors (Lipinski definition) is 3. The number of aliphatic hydroxyl groups is 1. The molecule has 1 aromatic carbocycles. The molecular formula is C16H14ClNO2S. The summed E-state index contributed by atoms with van der Waals surface area (Å²) in [5.41, 5.74) is 1.16. The summed E-state index contributed by atoms with van der Waals surface area (Å²) in [6.07, 6.45) is 0.905. The second-order valence-corrected chi connectivity index (χ2v) is 5.83. The molecule has 2 rings (SSSR count). The molecule has 0 fully saturated rings. The molecule has 1 aromatic heterocycles. The minimum Gasteiger partial charge on any atom is -0.384 e. The van der Waals surface area contributed by atoms with E-state index in [4.69, 9.17) is 16.7 Å². The lowest BCUT2D eigenvalue weighted by Gasteiger charge is -2.07. The Bertz CT molecular complexity index is 713. The molecular weight excluding hydrogens is 306 g/mol. The zero-order valence-corrected chi connectivity index (χ0v) is 13.0. The highest BCUT2D eigenvalue weighted by molar-refractivity contribution is 7.14. The van der Waals surface area contributed by atoms with Gasteiger partial charge in [0.25, 0.3) is 5.91 Å². The van der Waals surface area contributed by atoms with Gasteiger partial charge in [0, 0.05) is 15.5 Å². The van der Waals surface area contributed by atoms with Crippen LogP contribution in [0, 0.1) is 11.8 Å². The first kappa shape index (κ1) is 15.6. The van der Waals surface area contributed by atoms with Crippen molar-refractivity contribution < 1.29 is 9.90 Å². The van der Waals surface area contributed by atoms with Crippen LogP contribution in [0.3, 0.4) is 0 Å². The first-order chi connectivity index (χ1) is 10.1. The monoisotopic (exact) mass is 319 g/mol. The lowest BCUT2D eigenvalue weighted by Crippen LogP contribution is -2.11. The highest BCUT2D eigenvalue weighted by Gasteiger charge is 2.11. The largest absolute Gasteiger partial charge is 0.384 e. The van der Waals surface area contributed by atoms with Crippen LogP contribution in [0.5, 0.6) is 0 Å². The van der Waals surface area contributed by atoms with Crippen LogP contribution < -0.4 is 5.32 Å². The fraction of sp³-hybridized carbons (Fsp3) is 0.188. The molecule has 2 N–H and O–H groups in total. The standard InChI is InChI=1S/C16H14ClNO2S/c1-2-13-7-8-15(21-13)16(20)18-14-10-12(17)6-5-11(14)4-3-9-19/h5-8,10,19H,2,9H2,1H3,(H,18,20). The summed E-state index contributed by atoms with van der Waals surface area (Å²) in [5.74, 6) is 5.17. The van der Waals surface area contributed by atoms with Gasteiger partial charge < -0.3 is 10.4 Å². The van der Waals surface area contributed by atoms with E-state index in [2.05, 4.69) is 17.2 Å². The summed E-state index contributed by atoms with van der Waals surface area (Å²) in [6.45, 7) is 1.81. The Morgan fingerprint density at radius 1 is 1.38 bits per heavy atom. The fourth-order valence-electron chi connectivity index (χ4n) is 1.74. The van der Waals surface area contributed by atoms with Gasteiger partial charge in [0.15, 0.2) is 0 Å². The maximum absolute atomic E-state index is 12.2. The number of hydrogen-bond donors (Lipinski definition) is 2. The maximum Gasteiger partial charge on any atom is 0.265 e. The second-order valence-electron chi connectivity index (χ2n) is 4.22. The molecule has 0 aliphatic heterocycles. The van der Waals surface area contributed by atoms with E-state index in [0.29, 0.717) is 21.2 Å². The smallest absolute Gasteiger partial charge is 0.265 e. The van der Waals surface area contributed by atoms with Crippen molar-refractivity contribution in [3.63, 3.8) is 0 Å². The molecule has 1 amide bonds. The number of amides is 1. The van der Waals surface area contributed by atoms with Crippen molar-refractivity contribution in [2.75, 3.05) is 11.9 Å². The number of carbonyl (C=O) groups excluding carboxylic acids is 1. The second kappa shape index (κ2) is 7.28. The molecule has 108 valence electrons. The minimum atomic E-state index is -0.235. The van der Waals surface area contributed by atoms with Crippen LogP contribution in [0.1, 0.15) is 27.0 Å². The SMILES string of the molecule is CCc1ccc(C(=O)Nc2cc(Cl)ccc2C#CCO)s1. The molecule has 0 unspecified atom stereocenters. The van der Waals surface area contributed by atoms with Crippen molar-refractivity contribution in [3.05, 3.63) is 50.7 Å². The summed E-state index contributed by atoms with van der Waals surface area (Å²) >= 11 is 7.43. The molecule has 2 aromatic rings. The zero-order chi connectivity index (χ0) is 15.2. The summed E-state index contributed by atoms with van der Waals surface area (Å²) in [6, 6.07) is 8.81. The van der Waals surface area contributed by atoms with E-state index in [1.807, 2.05) is 19.1 Å². The molecule has 0 spiro atoms. The number of rotatable bonds is 3. The molecule has 0 saturated heterocycles. The van der Waals surface area contributed by atoms with Crippen molar-refractivity contribution >= 4 is 34.5 Å². The average Bonchev–Trinajstić information content (AvgIpc) is 2.95. The molecule has 3 nitrogen and oxygen atoms in total. The van der Waals surface area contributed by atoms with Gasteiger partial charge in [-0.25, -0.2) is 0 Å². The predicted octanol–water partition coefficient (Wildman–Crippen LogP) is 3.56. The van der Waals surface area contributed by atoms with Gasteiger partial charge in [-0.2, -0.15) is 0 Å². The molecule has 21 heavy (non-hydrogen) atoms. The van der Waals surface area contributed by atoms with Crippen LogP contribution in [0.4, 0.5) is 5.69 Å². The van der Waals surface area contributed by atoms with E-state index in [0.717, 1.165) is 11.3 Å². The summed E-state index contributed by atoms with van der Waals surface area (Å²) in [7, 11) is 0. The Balaban J connectivity index is 2.25. The van der Waals surface area contributed by atoms with Crippen molar-refractivity contribution in [2.45, 2.75) is 13.3 Å². The molecule has 0 saturated carbocycles. The number of benzene rings is 1. The number of carbonyl (C=O) groups is 1. The summed E-state index contributed by atoms with van der Waals surface area (Å²) in [5, 5.41) is 12.1. The number of anilines is 1. The Morgan fingerprint density at radius 2 is 2.19 bits per heavy atom. The van der Waals surface area contributed by atoms with Crippen molar-refractivity contribution in [1.29, 1.82) is 0 Å². The number of aliphatic hydroxyl groups excluding tert-OH is 1. The normalized spacial score (nSPS) is 9.86. The zero-order valence-electron chi connectivity index (χ0n) is 11.4. The summed E-state index contributed by atoms with van der Waals surface area (Å²) < 4.78 is 0. The fourth-order valence-corrected chi connectivity index (χ4v) is 2.75. The lowest BCUT2D eigenvalue weighted by atomic mass is 10.1. The Hall–Kier alpha value is -1.80. The number of thiophene rings is 1. The molecule has 0 radical (unpaired) electrons. The van der Waals surface area contributed by atoms with Crippen molar-refractivity contribution in [3.8, 4) is 11.8 Å². The number of halogens is 1. The Labute approximate surface area is 132 Å². The highest BCUT2D eigenvalue weighted by atomic mass is 35.5. The van der Waals surface area contributed by atoms with Gasteiger partial charge >= 0.3 is 0 Å². The molecule has 0 bridgehead atoms. The third-order valence-corrected chi connectivity index (χ3v) is 4.23. The van der Waals surface area contributed by atoms with Crippen LogP contribution in [-0.4, -0.2) is 17.6 Å².